The maximum Gasteiger partial charge on any atom is 0.256 e. The Bertz CT molecular complexity index is 462. The van der Waals surface area contributed by atoms with Crippen molar-refractivity contribution in [3.05, 3.63) is 28.5 Å². The summed E-state index contributed by atoms with van der Waals surface area (Å²) in [5.41, 5.74) is -0.204. The van der Waals surface area contributed by atoms with Gasteiger partial charge in [0.1, 0.15) is 11.4 Å². The van der Waals surface area contributed by atoms with Crippen LogP contribution in [0.5, 0.6) is 0 Å². The van der Waals surface area contributed by atoms with Gasteiger partial charge in [-0.2, -0.15) is 0 Å². The number of nitrogens with one attached hydrogen (secondary N) is 2. The van der Waals surface area contributed by atoms with Crippen LogP contribution >= 0.6 is 11.6 Å². The van der Waals surface area contributed by atoms with Gasteiger partial charge in [0.25, 0.3) is 5.91 Å². The zero-order chi connectivity index (χ0) is 11.0. The van der Waals surface area contributed by atoms with Crippen LogP contribution in [0.3, 0.4) is 0 Å². The molecule has 0 saturated carbocycles. The SMILES string of the molecule is O=C1CNC(=O)c2c(F)ccc(Cl)c2N1. The first-order valence-electron chi connectivity index (χ1n) is 4.15. The van der Waals surface area contributed by atoms with E-state index in [2.05, 4.69) is 10.6 Å². The summed E-state index contributed by atoms with van der Waals surface area (Å²) in [6.45, 7) is -0.191. The van der Waals surface area contributed by atoms with E-state index >= 15 is 0 Å². The van der Waals surface area contributed by atoms with E-state index < -0.39 is 17.6 Å². The number of benzene rings is 1. The Morgan fingerprint density at radius 1 is 1.33 bits per heavy atom. The Kier molecular flexibility index (Phi) is 2.32. The number of fused-ring (bicyclic) bond motifs is 1. The number of amides is 2. The molecule has 0 spiro atoms. The minimum atomic E-state index is -0.714. The molecule has 0 unspecified atom stereocenters. The molecule has 0 atom stereocenters. The second-order valence-corrected chi connectivity index (χ2v) is 3.42. The molecule has 1 aliphatic heterocycles. The summed E-state index contributed by atoms with van der Waals surface area (Å²) in [5, 5.41) is 4.77. The van der Waals surface area contributed by atoms with Crippen LogP contribution in [0.1, 0.15) is 10.4 Å². The summed E-state index contributed by atoms with van der Waals surface area (Å²) in [7, 11) is 0. The molecule has 0 aliphatic carbocycles. The van der Waals surface area contributed by atoms with Crippen molar-refractivity contribution in [3.63, 3.8) is 0 Å². The van der Waals surface area contributed by atoms with E-state index in [9.17, 15) is 14.0 Å². The second-order valence-electron chi connectivity index (χ2n) is 3.01. The van der Waals surface area contributed by atoms with Crippen molar-refractivity contribution < 1.29 is 14.0 Å². The molecule has 4 nitrogen and oxygen atoms in total. The summed E-state index contributed by atoms with van der Waals surface area (Å²) < 4.78 is 13.3. The van der Waals surface area contributed by atoms with Gasteiger partial charge in [0, 0.05) is 0 Å². The molecule has 1 heterocycles. The standard InChI is InChI=1S/C9H6ClFN2O2/c10-4-1-2-5(11)7-8(4)13-6(14)3-12-9(7)15/h1-2H,3H2,(H,12,15)(H,13,14). The normalized spacial score (nSPS) is 15.1. The molecule has 0 fully saturated rings. The number of hydrogen-bond donors (Lipinski definition) is 2. The van der Waals surface area contributed by atoms with Crippen LogP contribution < -0.4 is 10.6 Å². The predicted octanol–water partition coefficient (Wildman–Crippen LogP) is 1.16. The second kappa shape index (κ2) is 3.51. The lowest BCUT2D eigenvalue weighted by atomic mass is 10.1. The van der Waals surface area contributed by atoms with Crippen molar-refractivity contribution in [3.8, 4) is 0 Å². The summed E-state index contributed by atoms with van der Waals surface area (Å²) >= 11 is 5.76. The highest BCUT2D eigenvalue weighted by atomic mass is 35.5. The molecular formula is C9H6ClFN2O2. The molecule has 0 bridgehead atoms. The Hall–Kier alpha value is -1.62. The van der Waals surface area contributed by atoms with Gasteiger partial charge in [-0.1, -0.05) is 11.6 Å². The van der Waals surface area contributed by atoms with Gasteiger partial charge in [-0.25, -0.2) is 4.39 Å². The molecule has 1 aromatic carbocycles. The van der Waals surface area contributed by atoms with Crippen molar-refractivity contribution >= 4 is 29.1 Å². The van der Waals surface area contributed by atoms with Crippen molar-refractivity contribution in [1.29, 1.82) is 0 Å². The smallest absolute Gasteiger partial charge is 0.256 e. The molecule has 6 heteroatoms. The number of carbonyl (C=O) groups excluding carboxylic acids is 2. The van der Waals surface area contributed by atoms with Crippen LogP contribution in [-0.4, -0.2) is 18.4 Å². The third kappa shape index (κ3) is 1.66. The topological polar surface area (TPSA) is 58.2 Å². The highest BCUT2D eigenvalue weighted by Gasteiger charge is 2.24. The van der Waals surface area contributed by atoms with Crippen molar-refractivity contribution in [2.45, 2.75) is 0 Å². The fourth-order valence-electron chi connectivity index (χ4n) is 1.33. The Morgan fingerprint density at radius 2 is 2.07 bits per heavy atom. The summed E-state index contributed by atoms with van der Waals surface area (Å²) in [6.07, 6.45) is 0. The lowest BCUT2D eigenvalue weighted by Crippen LogP contribution is -2.28. The molecule has 2 amide bonds. The van der Waals surface area contributed by atoms with E-state index in [4.69, 9.17) is 11.6 Å². The molecule has 2 N–H and O–H groups in total. The molecule has 1 aliphatic rings. The molecule has 15 heavy (non-hydrogen) atoms. The van der Waals surface area contributed by atoms with Crippen LogP contribution in [0, 0.1) is 5.82 Å². The van der Waals surface area contributed by atoms with Crippen LogP contribution in [-0.2, 0) is 4.79 Å². The first-order chi connectivity index (χ1) is 7.09. The van der Waals surface area contributed by atoms with Crippen LogP contribution in [0.15, 0.2) is 12.1 Å². The quantitative estimate of drug-likeness (QED) is 0.700. The fraction of sp³-hybridized carbons (Fsp3) is 0.111. The number of halogens is 2. The van der Waals surface area contributed by atoms with Crippen molar-refractivity contribution in [1.82, 2.24) is 5.32 Å². The Morgan fingerprint density at radius 3 is 2.80 bits per heavy atom. The summed E-state index contributed by atoms with van der Waals surface area (Å²) in [6, 6.07) is 2.37. The molecule has 0 saturated heterocycles. The fourth-order valence-corrected chi connectivity index (χ4v) is 1.53. The highest BCUT2D eigenvalue weighted by Crippen LogP contribution is 2.29. The number of carbonyl (C=O) groups is 2. The molecular weight excluding hydrogens is 223 g/mol. The van der Waals surface area contributed by atoms with E-state index in [1.807, 2.05) is 0 Å². The van der Waals surface area contributed by atoms with Gasteiger partial charge in [-0.3, -0.25) is 9.59 Å². The first kappa shape index (κ1) is 9.92. The minimum Gasteiger partial charge on any atom is -0.343 e. The third-order valence-electron chi connectivity index (χ3n) is 2.00. The zero-order valence-corrected chi connectivity index (χ0v) is 8.19. The van der Waals surface area contributed by atoms with Gasteiger partial charge in [0.2, 0.25) is 5.91 Å². The summed E-state index contributed by atoms with van der Waals surface area (Å²) in [4.78, 5) is 22.6. The van der Waals surface area contributed by atoms with E-state index in [1.54, 1.807) is 0 Å². The number of rotatable bonds is 0. The Labute approximate surface area is 89.4 Å². The number of hydrogen-bond acceptors (Lipinski definition) is 2. The van der Waals surface area contributed by atoms with Crippen molar-refractivity contribution in [2.75, 3.05) is 11.9 Å². The minimum absolute atomic E-state index is 0.0247. The van der Waals surface area contributed by atoms with E-state index in [-0.39, 0.29) is 22.8 Å². The predicted molar refractivity (Wildman–Crippen MR) is 52.4 cm³/mol. The molecule has 78 valence electrons. The molecule has 0 aromatic heterocycles. The van der Waals surface area contributed by atoms with E-state index in [0.717, 1.165) is 6.07 Å². The first-order valence-corrected chi connectivity index (χ1v) is 4.53. The van der Waals surface area contributed by atoms with Crippen LogP contribution in [0.2, 0.25) is 5.02 Å². The van der Waals surface area contributed by atoms with Gasteiger partial charge in [0.15, 0.2) is 0 Å². The zero-order valence-electron chi connectivity index (χ0n) is 7.43. The van der Waals surface area contributed by atoms with Gasteiger partial charge in [-0.05, 0) is 12.1 Å². The number of anilines is 1. The molecule has 0 radical (unpaired) electrons. The monoisotopic (exact) mass is 228 g/mol. The van der Waals surface area contributed by atoms with Gasteiger partial charge in [0.05, 0.1) is 17.3 Å². The molecule has 2 rings (SSSR count). The van der Waals surface area contributed by atoms with Crippen LogP contribution in [0.25, 0.3) is 0 Å². The largest absolute Gasteiger partial charge is 0.343 e. The maximum absolute atomic E-state index is 13.3. The average Bonchev–Trinajstić information content (AvgIpc) is 2.34. The molecule has 1 aromatic rings. The van der Waals surface area contributed by atoms with Crippen LogP contribution in [0.4, 0.5) is 10.1 Å². The van der Waals surface area contributed by atoms with E-state index in [1.165, 1.54) is 6.07 Å². The lowest BCUT2D eigenvalue weighted by Gasteiger charge is -2.07. The van der Waals surface area contributed by atoms with Gasteiger partial charge >= 0.3 is 0 Å². The average molecular weight is 229 g/mol. The Balaban J connectivity index is 2.66. The maximum atomic E-state index is 13.3. The van der Waals surface area contributed by atoms with E-state index in [0.29, 0.717) is 0 Å². The van der Waals surface area contributed by atoms with Gasteiger partial charge in [-0.15, -0.1) is 0 Å². The summed E-state index contributed by atoms with van der Waals surface area (Å²) in [5.74, 6) is -1.80. The third-order valence-corrected chi connectivity index (χ3v) is 2.32. The van der Waals surface area contributed by atoms with Crippen molar-refractivity contribution in [2.24, 2.45) is 0 Å². The highest BCUT2D eigenvalue weighted by molar-refractivity contribution is 6.35. The lowest BCUT2D eigenvalue weighted by molar-refractivity contribution is -0.115. The van der Waals surface area contributed by atoms with Gasteiger partial charge < -0.3 is 10.6 Å².